The minimum absolute atomic E-state index is 0.298. The molecule has 5 rings (SSSR count). The number of carbonyl (C=O) groups excluding carboxylic acids is 1. The third-order valence-electron chi connectivity index (χ3n) is 7.85. The standard InChI is InChI=1S/C34H44N4O3Si/c1-24-36-30(29-15-16-38(31(29)37-24)23-40-17-18-42(5,6)7)25-13-10-14-28(19-25)34(22-35-32(39)41-33(2,3)4)20-26-11-8-9-12-27(26)21-34/h8-16,19H,17-18,20-23H2,1-7H3,(H,35,39). The van der Waals surface area contributed by atoms with E-state index in [1.165, 1.54) is 16.7 Å². The molecule has 0 atom stereocenters. The van der Waals surface area contributed by atoms with Crippen LogP contribution in [-0.2, 0) is 34.5 Å². The van der Waals surface area contributed by atoms with Gasteiger partial charge in [0.15, 0.2) is 0 Å². The Morgan fingerprint density at radius 3 is 2.40 bits per heavy atom. The normalized spacial score (nSPS) is 14.6. The van der Waals surface area contributed by atoms with Gasteiger partial charge in [-0.3, -0.25) is 0 Å². The van der Waals surface area contributed by atoms with Gasteiger partial charge >= 0.3 is 6.09 Å². The summed E-state index contributed by atoms with van der Waals surface area (Å²) in [6.07, 6.45) is 3.33. The summed E-state index contributed by atoms with van der Waals surface area (Å²) in [7, 11) is -1.15. The van der Waals surface area contributed by atoms with Crippen LogP contribution in [0.25, 0.3) is 22.3 Å². The number of nitrogens with one attached hydrogen (secondary N) is 1. The van der Waals surface area contributed by atoms with E-state index in [4.69, 9.17) is 19.4 Å². The summed E-state index contributed by atoms with van der Waals surface area (Å²) < 4.78 is 13.7. The Kier molecular flexibility index (Phi) is 8.32. The van der Waals surface area contributed by atoms with E-state index >= 15 is 0 Å². The second-order valence-electron chi connectivity index (χ2n) is 13.8. The van der Waals surface area contributed by atoms with Crippen LogP contribution in [0, 0.1) is 6.92 Å². The molecule has 7 nitrogen and oxygen atoms in total. The van der Waals surface area contributed by atoms with Gasteiger partial charge in [0.05, 0.1) is 5.69 Å². The van der Waals surface area contributed by atoms with Crippen molar-refractivity contribution in [2.45, 2.75) is 84.0 Å². The van der Waals surface area contributed by atoms with E-state index in [0.29, 0.717) is 13.3 Å². The molecule has 4 aromatic rings. The summed E-state index contributed by atoms with van der Waals surface area (Å²) in [4.78, 5) is 22.4. The zero-order valence-electron chi connectivity index (χ0n) is 26.1. The molecule has 1 amide bonds. The highest BCUT2D eigenvalue weighted by Crippen LogP contribution is 2.41. The first-order chi connectivity index (χ1) is 19.8. The van der Waals surface area contributed by atoms with Gasteiger partial charge in [-0.05, 0) is 75.4 Å². The Labute approximate surface area is 250 Å². The van der Waals surface area contributed by atoms with Crippen molar-refractivity contribution in [2.75, 3.05) is 13.2 Å². The molecule has 8 heteroatoms. The highest BCUT2D eigenvalue weighted by Gasteiger charge is 2.39. The van der Waals surface area contributed by atoms with E-state index in [9.17, 15) is 4.79 Å². The van der Waals surface area contributed by atoms with E-state index in [2.05, 4.69) is 84.1 Å². The predicted molar refractivity (Wildman–Crippen MR) is 172 cm³/mol. The van der Waals surface area contributed by atoms with E-state index in [1.54, 1.807) is 0 Å². The molecule has 0 fully saturated rings. The minimum atomic E-state index is -1.15. The average molecular weight is 585 g/mol. The van der Waals surface area contributed by atoms with Crippen molar-refractivity contribution in [1.82, 2.24) is 19.9 Å². The second-order valence-corrected chi connectivity index (χ2v) is 19.5. The molecule has 0 saturated carbocycles. The van der Waals surface area contributed by atoms with Gasteiger partial charge in [-0.1, -0.05) is 62.1 Å². The molecule has 2 aromatic carbocycles. The predicted octanol–water partition coefficient (Wildman–Crippen LogP) is 7.28. The fraction of sp³-hybridized carbons (Fsp3) is 0.441. The summed E-state index contributed by atoms with van der Waals surface area (Å²) in [5.74, 6) is 0.722. The summed E-state index contributed by atoms with van der Waals surface area (Å²) in [5, 5.41) is 4.09. The molecule has 0 bridgehead atoms. The van der Waals surface area contributed by atoms with Crippen LogP contribution in [0.2, 0.25) is 25.7 Å². The quantitative estimate of drug-likeness (QED) is 0.165. The third kappa shape index (κ3) is 6.93. The highest BCUT2D eigenvalue weighted by atomic mass is 28.3. The maximum Gasteiger partial charge on any atom is 0.407 e. The highest BCUT2D eigenvalue weighted by molar-refractivity contribution is 6.76. The first-order valence-electron chi connectivity index (χ1n) is 14.9. The number of nitrogens with zero attached hydrogens (tertiary/aromatic N) is 3. The molecular formula is C34H44N4O3Si. The SMILES string of the molecule is Cc1nc(-c2cccc(C3(CNC(=O)OC(C)(C)C)Cc4ccccc4C3)c2)c2ccn(COCC[Si](C)(C)C)c2n1. The van der Waals surface area contributed by atoms with Gasteiger partial charge in [-0.2, -0.15) is 0 Å². The fourth-order valence-corrected chi connectivity index (χ4v) is 6.47. The molecule has 42 heavy (non-hydrogen) atoms. The molecule has 1 aliphatic carbocycles. The summed E-state index contributed by atoms with van der Waals surface area (Å²) in [6, 6.07) is 20.4. The average Bonchev–Trinajstić information content (AvgIpc) is 3.50. The number of fused-ring (bicyclic) bond motifs is 2. The van der Waals surface area contributed by atoms with Gasteiger partial charge in [0.1, 0.15) is 23.8 Å². The summed E-state index contributed by atoms with van der Waals surface area (Å²) in [5.41, 5.74) is 5.78. The lowest BCUT2D eigenvalue weighted by Gasteiger charge is -2.31. The third-order valence-corrected chi connectivity index (χ3v) is 9.56. The zero-order valence-corrected chi connectivity index (χ0v) is 27.1. The van der Waals surface area contributed by atoms with Crippen molar-refractivity contribution in [3.63, 3.8) is 0 Å². The number of benzene rings is 2. The topological polar surface area (TPSA) is 78.3 Å². The largest absolute Gasteiger partial charge is 0.444 e. The van der Waals surface area contributed by atoms with E-state index in [-0.39, 0.29) is 5.41 Å². The molecule has 1 aliphatic rings. The molecule has 0 spiro atoms. The Balaban J connectivity index is 1.46. The Hall–Kier alpha value is -3.49. The van der Waals surface area contributed by atoms with E-state index in [1.807, 2.05) is 33.9 Å². The number of hydrogen-bond acceptors (Lipinski definition) is 5. The maximum atomic E-state index is 12.7. The van der Waals surface area contributed by atoms with E-state index < -0.39 is 19.8 Å². The molecule has 0 unspecified atom stereocenters. The smallest absolute Gasteiger partial charge is 0.407 e. The molecule has 222 valence electrons. The molecule has 1 N–H and O–H groups in total. The summed E-state index contributed by atoms with van der Waals surface area (Å²) in [6.45, 7) is 16.4. The molecular weight excluding hydrogens is 540 g/mol. The van der Waals surface area contributed by atoms with Crippen molar-refractivity contribution >= 4 is 25.2 Å². The van der Waals surface area contributed by atoms with Gasteiger partial charge in [-0.25, -0.2) is 14.8 Å². The van der Waals surface area contributed by atoms with Crippen LogP contribution in [0.3, 0.4) is 0 Å². The lowest BCUT2D eigenvalue weighted by atomic mass is 9.77. The molecule has 0 saturated heterocycles. The van der Waals surface area contributed by atoms with Crippen molar-refractivity contribution in [2.24, 2.45) is 0 Å². The number of amides is 1. The number of alkyl carbamates (subject to hydrolysis) is 1. The van der Waals surface area contributed by atoms with Crippen LogP contribution in [0.15, 0.2) is 60.8 Å². The molecule has 2 heterocycles. The van der Waals surface area contributed by atoms with Gasteiger partial charge in [-0.15, -0.1) is 0 Å². The van der Waals surface area contributed by atoms with Crippen molar-refractivity contribution < 1.29 is 14.3 Å². The number of ether oxygens (including phenoxy) is 2. The van der Waals surface area contributed by atoms with Crippen molar-refractivity contribution in [1.29, 1.82) is 0 Å². The molecule has 2 aromatic heterocycles. The summed E-state index contributed by atoms with van der Waals surface area (Å²) >= 11 is 0. The maximum absolute atomic E-state index is 12.7. The molecule has 0 radical (unpaired) electrons. The zero-order chi connectivity index (χ0) is 30.1. The fourth-order valence-electron chi connectivity index (χ4n) is 5.72. The number of hydrogen-bond donors (Lipinski definition) is 1. The van der Waals surface area contributed by atoms with Crippen LogP contribution < -0.4 is 5.32 Å². The monoisotopic (exact) mass is 584 g/mol. The second kappa shape index (κ2) is 11.6. The number of rotatable bonds is 9. The first kappa shape index (κ1) is 30.0. The number of aryl methyl sites for hydroxylation is 1. The number of carbonyl (C=O) groups is 1. The van der Waals surface area contributed by atoms with Crippen LogP contribution in [-0.4, -0.2) is 47.5 Å². The van der Waals surface area contributed by atoms with Gasteiger partial charge in [0, 0.05) is 43.8 Å². The lowest BCUT2D eigenvalue weighted by Crippen LogP contribution is -2.43. The Morgan fingerprint density at radius 1 is 1.02 bits per heavy atom. The van der Waals surface area contributed by atoms with Gasteiger partial charge in [0.2, 0.25) is 0 Å². The van der Waals surface area contributed by atoms with Crippen molar-refractivity contribution in [3.8, 4) is 11.3 Å². The van der Waals surface area contributed by atoms with Crippen LogP contribution in [0.4, 0.5) is 4.79 Å². The van der Waals surface area contributed by atoms with Crippen LogP contribution in [0.5, 0.6) is 0 Å². The Morgan fingerprint density at radius 2 is 1.74 bits per heavy atom. The van der Waals surface area contributed by atoms with Crippen LogP contribution >= 0.6 is 0 Å². The minimum Gasteiger partial charge on any atom is -0.444 e. The van der Waals surface area contributed by atoms with E-state index in [0.717, 1.165) is 53.6 Å². The lowest BCUT2D eigenvalue weighted by molar-refractivity contribution is 0.0514. The van der Waals surface area contributed by atoms with Gasteiger partial charge in [0.25, 0.3) is 0 Å². The number of aromatic nitrogens is 3. The Bertz CT molecular complexity index is 1560. The van der Waals surface area contributed by atoms with Crippen molar-refractivity contribution in [3.05, 3.63) is 83.3 Å². The molecule has 0 aliphatic heterocycles. The van der Waals surface area contributed by atoms with Crippen LogP contribution in [0.1, 0.15) is 43.3 Å². The first-order valence-corrected chi connectivity index (χ1v) is 18.6. The van der Waals surface area contributed by atoms with Gasteiger partial charge < -0.3 is 19.4 Å².